The third-order valence-corrected chi connectivity index (χ3v) is 2.99. The van der Waals surface area contributed by atoms with E-state index in [-0.39, 0.29) is 11.8 Å². The molecule has 0 heterocycles. The molecular weight excluding hydrogens is 264 g/mol. The standard InChI is InChI=1S/C14H19ClN2O2/c1-16-14(19)12-7-5-11(6-8-12)10-17-13(18)4-2-3-9-15/h5-8H,2-4,9-10H2,1H3,(H,16,19)(H,17,18). The normalized spacial score (nSPS) is 10.0. The Morgan fingerprint density at radius 1 is 1.16 bits per heavy atom. The van der Waals surface area contributed by atoms with Crippen LogP contribution in [-0.4, -0.2) is 24.7 Å². The summed E-state index contributed by atoms with van der Waals surface area (Å²) in [6.07, 6.45) is 2.17. The van der Waals surface area contributed by atoms with Gasteiger partial charge in [-0.15, -0.1) is 11.6 Å². The van der Waals surface area contributed by atoms with Crippen LogP contribution >= 0.6 is 11.6 Å². The van der Waals surface area contributed by atoms with Crippen LogP contribution in [0, 0.1) is 0 Å². The van der Waals surface area contributed by atoms with Gasteiger partial charge in [-0.2, -0.15) is 0 Å². The van der Waals surface area contributed by atoms with Crippen LogP contribution in [0.4, 0.5) is 0 Å². The highest BCUT2D eigenvalue weighted by molar-refractivity contribution is 6.17. The quantitative estimate of drug-likeness (QED) is 0.594. The summed E-state index contributed by atoms with van der Waals surface area (Å²) < 4.78 is 0. The molecule has 0 aliphatic carbocycles. The Morgan fingerprint density at radius 3 is 2.42 bits per heavy atom. The van der Waals surface area contributed by atoms with E-state index < -0.39 is 0 Å². The molecule has 0 saturated carbocycles. The molecule has 0 spiro atoms. The van der Waals surface area contributed by atoms with Crippen molar-refractivity contribution in [3.8, 4) is 0 Å². The Kier molecular flexibility index (Phi) is 6.97. The molecule has 5 heteroatoms. The van der Waals surface area contributed by atoms with Crippen molar-refractivity contribution in [1.29, 1.82) is 0 Å². The van der Waals surface area contributed by atoms with Crippen molar-refractivity contribution in [1.82, 2.24) is 10.6 Å². The van der Waals surface area contributed by atoms with Gasteiger partial charge in [-0.3, -0.25) is 9.59 Å². The zero-order valence-electron chi connectivity index (χ0n) is 11.0. The summed E-state index contributed by atoms with van der Waals surface area (Å²) in [5.74, 6) is 0.506. The molecule has 2 N–H and O–H groups in total. The SMILES string of the molecule is CNC(=O)c1ccc(CNC(=O)CCCCCl)cc1. The van der Waals surface area contributed by atoms with Crippen LogP contribution in [0.3, 0.4) is 0 Å². The average molecular weight is 283 g/mol. The minimum atomic E-state index is -0.114. The lowest BCUT2D eigenvalue weighted by Gasteiger charge is -2.06. The number of benzene rings is 1. The molecule has 104 valence electrons. The first-order valence-corrected chi connectivity index (χ1v) is 6.84. The fraction of sp³-hybridized carbons (Fsp3) is 0.429. The predicted octanol–water partition coefficient (Wildman–Crippen LogP) is 2.07. The molecule has 0 bridgehead atoms. The van der Waals surface area contributed by atoms with Gasteiger partial charge in [-0.25, -0.2) is 0 Å². The van der Waals surface area contributed by atoms with Crippen molar-refractivity contribution in [3.05, 3.63) is 35.4 Å². The molecule has 1 aromatic carbocycles. The third-order valence-electron chi connectivity index (χ3n) is 2.72. The van der Waals surface area contributed by atoms with E-state index in [4.69, 9.17) is 11.6 Å². The van der Waals surface area contributed by atoms with Gasteiger partial charge in [0.1, 0.15) is 0 Å². The highest BCUT2D eigenvalue weighted by Crippen LogP contribution is 2.04. The van der Waals surface area contributed by atoms with Crippen LogP contribution in [0.1, 0.15) is 35.2 Å². The number of halogens is 1. The number of carbonyl (C=O) groups is 2. The smallest absolute Gasteiger partial charge is 0.251 e. The second kappa shape index (κ2) is 8.53. The maximum absolute atomic E-state index is 11.5. The van der Waals surface area contributed by atoms with Gasteiger partial charge in [0.25, 0.3) is 5.91 Å². The van der Waals surface area contributed by atoms with E-state index in [2.05, 4.69) is 10.6 Å². The predicted molar refractivity (Wildman–Crippen MR) is 76.2 cm³/mol. The first-order chi connectivity index (χ1) is 9.17. The molecule has 19 heavy (non-hydrogen) atoms. The number of nitrogens with one attached hydrogen (secondary N) is 2. The summed E-state index contributed by atoms with van der Waals surface area (Å²) >= 11 is 5.55. The maximum atomic E-state index is 11.5. The molecule has 0 aromatic heterocycles. The molecule has 0 aliphatic rings. The minimum Gasteiger partial charge on any atom is -0.355 e. The van der Waals surface area contributed by atoms with Gasteiger partial charge in [0, 0.05) is 31.5 Å². The Hall–Kier alpha value is -1.55. The Bertz CT molecular complexity index is 418. The van der Waals surface area contributed by atoms with E-state index in [1.54, 1.807) is 19.2 Å². The van der Waals surface area contributed by atoms with Gasteiger partial charge in [0.05, 0.1) is 0 Å². The summed E-state index contributed by atoms with van der Waals surface area (Å²) in [6, 6.07) is 7.16. The first kappa shape index (κ1) is 15.5. The molecule has 0 radical (unpaired) electrons. The molecule has 1 rings (SSSR count). The van der Waals surface area contributed by atoms with E-state index in [9.17, 15) is 9.59 Å². The van der Waals surface area contributed by atoms with Crippen LogP contribution in [0.5, 0.6) is 0 Å². The second-order valence-corrected chi connectivity index (χ2v) is 4.58. The highest BCUT2D eigenvalue weighted by Gasteiger charge is 2.04. The monoisotopic (exact) mass is 282 g/mol. The molecule has 0 fully saturated rings. The van der Waals surface area contributed by atoms with E-state index in [0.717, 1.165) is 18.4 Å². The van der Waals surface area contributed by atoms with E-state index in [1.165, 1.54) is 0 Å². The number of rotatable bonds is 7. The molecule has 0 aliphatic heterocycles. The Morgan fingerprint density at radius 2 is 1.84 bits per heavy atom. The summed E-state index contributed by atoms with van der Waals surface area (Å²) in [7, 11) is 1.59. The van der Waals surface area contributed by atoms with Gasteiger partial charge in [-0.1, -0.05) is 12.1 Å². The summed E-state index contributed by atoms with van der Waals surface area (Å²) in [5, 5.41) is 5.40. The lowest BCUT2D eigenvalue weighted by Crippen LogP contribution is -2.22. The average Bonchev–Trinajstić information content (AvgIpc) is 2.45. The molecule has 0 saturated heterocycles. The van der Waals surface area contributed by atoms with Gasteiger partial charge in [-0.05, 0) is 30.5 Å². The number of amides is 2. The Labute approximate surface area is 118 Å². The zero-order chi connectivity index (χ0) is 14.1. The van der Waals surface area contributed by atoms with E-state index >= 15 is 0 Å². The molecule has 0 unspecified atom stereocenters. The van der Waals surface area contributed by atoms with Gasteiger partial charge < -0.3 is 10.6 Å². The summed E-state index contributed by atoms with van der Waals surface area (Å²) in [4.78, 5) is 22.8. The van der Waals surface area contributed by atoms with Crippen LogP contribution in [0.25, 0.3) is 0 Å². The van der Waals surface area contributed by atoms with Gasteiger partial charge in [0.2, 0.25) is 5.91 Å². The lowest BCUT2D eigenvalue weighted by molar-refractivity contribution is -0.121. The maximum Gasteiger partial charge on any atom is 0.251 e. The van der Waals surface area contributed by atoms with Crippen molar-refractivity contribution >= 4 is 23.4 Å². The van der Waals surface area contributed by atoms with Crippen molar-refractivity contribution in [2.24, 2.45) is 0 Å². The van der Waals surface area contributed by atoms with Crippen LogP contribution in [0.15, 0.2) is 24.3 Å². The Balaban J connectivity index is 2.37. The number of hydrogen-bond donors (Lipinski definition) is 2. The summed E-state index contributed by atoms with van der Waals surface area (Å²) in [6.45, 7) is 0.480. The van der Waals surface area contributed by atoms with E-state index in [0.29, 0.717) is 24.4 Å². The second-order valence-electron chi connectivity index (χ2n) is 4.20. The van der Waals surface area contributed by atoms with Crippen molar-refractivity contribution in [3.63, 3.8) is 0 Å². The fourth-order valence-electron chi connectivity index (χ4n) is 1.59. The third kappa shape index (κ3) is 5.75. The molecule has 4 nitrogen and oxygen atoms in total. The van der Waals surface area contributed by atoms with E-state index in [1.807, 2.05) is 12.1 Å². The zero-order valence-corrected chi connectivity index (χ0v) is 11.8. The molecule has 0 atom stereocenters. The first-order valence-electron chi connectivity index (χ1n) is 6.31. The van der Waals surface area contributed by atoms with Crippen LogP contribution < -0.4 is 10.6 Å². The number of alkyl halides is 1. The number of hydrogen-bond acceptors (Lipinski definition) is 2. The highest BCUT2D eigenvalue weighted by atomic mass is 35.5. The minimum absolute atomic E-state index is 0.0282. The van der Waals surface area contributed by atoms with Crippen LogP contribution in [-0.2, 0) is 11.3 Å². The van der Waals surface area contributed by atoms with Gasteiger partial charge in [0.15, 0.2) is 0 Å². The van der Waals surface area contributed by atoms with Crippen molar-refractivity contribution in [2.75, 3.05) is 12.9 Å². The lowest BCUT2D eigenvalue weighted by atomic mass is 10.1. The van der Waals surface area contributed by atoms with Gasteiger partial charge >= 0.3 is 0 Å². The molecule has 1 aromatic rings. The molecular formula is C14H19ClN2O2. The molecule has 2 amide bonds. The van der Waals surface area contributed by atoms with Crippen molar-refractivity contribution < 1.29 is 9.59 Å². The van der Waals surface area contributed by atoms with Crippen LogP contribution in [0.2, 0.25) is 0 Å². The topological polar surface area (TPSA) is 58.2 Å². The summed E-state index contributed by atoms with van der Waals surface area (Å²) in [5.41, 5.74) is 1.58. The largest absolute Gasteiger partial charge is 0.355 e. The fourth-order valence-corrected chi connectivity index (χ4v) is 1.78. The number of carbonyl (C=O) groups excluding carboxylic acids is 2. The number of unbranched alkanes of at least 4 members (excludes halogenated alkanes) is 1. The van der Waals surface area contributed by atoms with Crippen molar-refractivity contribution in [2.45, 2.75) is 25.8 Å².